The van der Waals surface area contributed by atoms with Crippen LogP contribution in [0.3, 0.4) is 0 Å². The second-order valence-corrected chi connectivity index (χ2v) is 11.0. The van der Waals surface area contributed by atoms with E-state index in [1.54, 1.807) is 32.4 Å². The summed E-state index contributed by atoms with van der Waals surface area (Å²) in [5.41, 5.74) is 0.543. The highest BCUT2D eigenvalue weighted by molar-refractivity contribution is 6.31. The topological polar surface area (TPSA) is 112 Å². The fourth-order valence-corrected chi connectivity index (χ4v) is 5.99. The van der Waals surface area contributed by atoms with E-state index in [-0.39, 0.29) is 18.4 Å². The van der Waals surface area contributed by atoms with Crippen molar-refractivity contribution in [1.82, 2.24) is 9.55 Å². The molecule has 3 atom stereocenters. The first-order chi connectivity index (χ1) is 21.3. The molecule has 10 heteroatoms. The van der Waals surface area contributed by atoms with Gasteiger partial charge in [0.2, 0.25) is 0 Å². The smallest absolute Gasteiger partial charge is 0.330 e. The van der Waals surface area contributed by atoms with E-state index < -0.39 is 35.3 Å². The molecular formula is C34H31ClN2O7. The van der Waals surface area contributed by atoms with Gasteiger partial charge in [0, 0.05) is 11.4 Å². The third kappa shape index (κ3) is 5.39. The molecule has 5 aromatic rings. The first-order valence-electron chi connectivity index (χ1n) is 14.1. The minimum absolute atomic E-state index is 0.0264. The number of methoxy groups -OCH3 is 2. The van der Waals surface area contributed by atoms with Crippen molar-refractivity contribution in [3.05, 3.63) is 140 Å². The van der Waals surface area contributed by atoms with E-state index in [0.717, 1.165) is 16.7 Å². The molecule has 9 nitrogen and oxygen atoms in total. The number of fused-ring (bicyclic) bond motifs is 1. The predicted molar refractivity (Wildman–Crippen MR) is 167 cm³/mol. The summed E-state index contributed by atoms with van der Waals surface area (Å²) in [6, 6.07) is 29.7. The number of aliphatic hydroxyl groups is 1. The Morgan fingerprint density at radius 2 is 1.48 bits per heavy atom. The average Bonchev–Trinajstić information content (AvgIpc) is 3.41. The number of halogens is 1. The molecule has 1 fully saturated rings. The maximum absolute atomic E-state index is 13.0. The number of aromatic nitrogens is 2. The fraction of sp³-hybridized carbons (Fsp3) is 0.235. The number of ether oxygens (including phenoxy) is 4. The molecule has 4 aromatic carbocycles. The van der Waals surface area contributed by atoms with Gasteiger partial charge in [-0.1, -0.05) is 66.2 Å². The Bertz CT molecular complexity index is 1820. The second-order valence-electron chi connectivity index (χ2n) is 10.5. The Morgan fingerprint density at radius 3 is 2.07 bits per heavy atom. The molecule has 0 amide bonds. The van der Waals surface area contributed by atoms with E-state index in [9.17, 15) is 14.7 Å². The number of nitrogens with one attached hydrogen (secondary N) is 1. The second kappa shape index (κ2) is 12.3. The van der Waals surface area contributed by atoms with E-state index in [4.69, 9.17) is 30.5 Å². The van der Waals surface area contributed by atoms with Crippen LogP contribution in [-0.2, 0) is 15.1 Å². The molecule has 0 unspecified atom stereocenters. The van der Waals surface area contributed by atoms with Gasteiger partial charge in [0.15, 0.2) is 0 Å². The zero-order valence-corrected chi connectivity index (χ0v) is 24.9. The lowest BCUT2D eigenvalue weighted by atomic mass is 9.80. The van der Waals surface area contributed by atoms with Gasteiger partial charge in [-0.05, 0) is 59.2 Å². The van der Waals surface area contributed by atoms with Crippen molar-refractivity contribution in [2.45, 2.75) is 30.5 Å². The van der Waals surface area contributed by atoms with Crippen molar-refractivity contribution in [3.8, 4) is 11.5 Å². The third-order valence-electron chi connectivity index (χ3n) is 8.03. The van der Waals surface area contributed by atoms with E-state index in [1.165, 1.54) is 4.57 Å². The highest BCUT2D eigenvalue weighted by atomic mass is 35.5. The first kappa shape index (κ1) is 29.7. The van der Waals surface area contributed by atoms with Crippen LogP contribution in [0.2, 0.25) is 5.02 Å². The number of hydrogen-bond donors (Lipinski definition) is 2. The molecule has 1 saturated heterocycles. The van der Waals surface area contributed by atoms with Crippen LogP contribution in [0.15, 0.2) is 107 Å². The van der Waals surface area contributed by atoms with Gasteiger partial charge in [-0.15, -0.1) is 0 Å². The van der Waals surface area contributed by atoms with Crippen molar-refractivity contribution in [2.24, 2.45) is 0 Å². The highest BCUT2D eigenvalue weighted by Gasteiger charge is 2.42. The fourth-order valence-electron chi connectivity index (χ4n) is 5.82. The summed E-state index contributed by atoms with van der Waals surface area (Å²) in [6.45, 7) is -0.0264. The van der Waals surface area contributed by atoms with Gasteiger partial charge >= 0.3 is 5.69 Å². The molecule has 1 aliphatic rings. The highest BCUT2D eigenvalue weighted by Crippen LogP contribution is 2.43. The number of hydrogen-bond acceptors (Lipinski definition) is 7. The molecule has 1 aliphatic heterocycles. The summed E-state index contributed by atoms with van der Waals surface area (Å²) in [6.07, 6.45) is -2.52. The Morgan fingerprint density at radius 1 is 0.886 bits per heavy atom. The SMILES string of the molecule is COc1ccc(C(OC[C@H]2O[C@H](n3c(=O)[nH]c(=O)c4ccc(Cl)cc43)C[C@@H]2O)(c2ccccc2)c2ccc(OC)cc2)cc1. The number of H-pyrrole nitrogens is 1. The van der Waals surface area contributed by atoms with Gasteiger partial charge in [0.05, 0.1) is 37.8 Å². The van der Waals surface area contributed by atoms with Crippen molar-refractivity contribution < 1.29 is 24.1 Å². The van der Waals surface area contributed by atoms with Crippen LogP contribution in [0.5, 0.6) is 11.5 Å². The monoisotopic (exact) mass is 614 g/mol. The first-order valence-corrected chi connectivity index (χ1v) is 14.5. The molecule has 0 aliphatic carbocycles. The summed E-state index contributed by atoms with van der Waals surface area (Å²) in [5.74, 6) is 1.39. The van der Waals surface area contributed by atoms with E-state index in [1.807, 2.05) is 78.9 Å². The molecule has 226 valence electrons. The molecule has 1 aromatic heterocycles. The Balaban J connectivity index is 1.40. The molecule has 44 heavy (non-hydrogen) atoms. The molecule has 2 N–H and O–H groups in total. The largest absolute Gasteiger partial charge is 0.497 e. The number of aromatic amines is 1. The summed E-state index contributed by atoms with van der Waals surface area (Å²) in [7, 11) is 3.22. The minimum Gasteiger partial charge on any atom is -0.497 e. The predicted octanol–water partition coefficient (Wildman–Crippen LogP) is 5.02. The number of benzene rings is 4. The lowest BCUT2D eigenvalue weighted by molar-refractivity contribution is -0.0936. The molecule has 0 spiro atoms. The quantitative estimate of drug-likeness (QED) is 0.224. The van der Waals surface area contributed by atoms with Crippen LogP contribution in [0, 0.1) is 0 Å². The maximum Gasteiger partial charge on any atom is 0.330 e. The Kier molecular flexibility index (Phi) is 8.29. The van der Waals surface area contributed by atoms with E-state index in [0.29, 0.717) is 22.0 Å². The van der Waals surface area contributed by atoms with Gasteiger partial charge in [0.1, 0.15) is 29.4 Å². The zero-order valence-electron chi connectivity index (χ0n) is 24.1. The van der Waals surface area contributed by atoms with Gasteiger partial charge in [0.25, 0.3) is 5.56 Å². The molecule has 0 bridgehead atoms. The molecular weight excluding hydrogens is 584 g/mol. The van der Waals surface area contributed by atoms with Crippen LogP contribution in [0.4, 0.5) is 0 Å². The third-order valence-corrected chi connectivity index (χ3v) is 8.27. The molecule has 2 heterocycles. The van der Waals surface area contributed by atoms with Gasteiger partial charge in [-0.3, -0.25) is 14.3 Å². The van der Waals surface area contributed by atoms with Gasteiger partial charge in [-0.25, -0.2) is 4.79 Å². The van der Waals surface area contributed by atoms with E-state index >= 15 is 0 Å². The van der Waals surface area contributed by atoms with Crippen molar-refractivity contribution in [1.29, 1.82) is 0 Å². The van der Waals surface area contributed by atoms with Crippen molar-refractivity contribution in [3.63, 3.8) is 0 Å². The Labute approximate surface area is 258 Å². The lowest BCUT2D eigenvalue weighted by Gasteiger charge is -2.37. The summed E-state index contributed by atoms with van der Waals surface area (Å²) < 4.78 is 25.3. The van der Waals surface area contributed by atoms with Gasteiger partial charge in [-0.2, -0.15) is 0 Å². The zero-order chi connectivity index (χ0) is 30.8. The van der Waals surface area contributed by atoms with E-state index in [2.05, 4.69) is 4.98 Å². The molecule has 6 rings (SSSR count). The molecule has 0 saturated carbocycles. The van der Waals surface area contributed by atoms with Crippen LogP contribution in [-0.4, -0.2) is 47.7 Å². The summed E-state index contributed by atoms with van der Waals surface area (Å²) >= 11 is 6.22. The Hall–Kier alpha value is -4.41. The van der Waals surface area contributed by atoms with Crippen molar-refractivity contribution in [2.75, 3.05) is 20.8 Å². The average molecular weight is 615 g/mol. The van der Waals surface area contributed by atoms with Crippen LogP contribution in [0.1, 0.15) is 29.3 Å². The normalized spacial score (nSPS) is 18.4. The number of aliphatic hydroxyl groups excluding tert-OH is 1. The lowest BCUT2D eigenvalue weighted by Crippen LogP contribution is -2.38. The maximum atomic E-state index is 13.0. The van der Waals surface area contributed by atoms with Crippen LogP contribution in [0.25, 0.3) is 10.9 Å². The van der Waals surface area contributed by atoms with Crippen LogP contribution < -0.4 is 20.7 Å². The number of nitrogens with zero attached hydrogens (tertiary/aromatic N) is 1. The number of rotatable bonds is 9. The summed E-state index contributed by atoms with van der Waals surface area (Å²) in [4.78, 5) is 27.8. The van der Waals surface area contributed by atoms with Crippen molar-refractivity contribution >= 4 is 22.5 Å². The summed E-state index contributed by atoms with van der Waals surface area (Å²) in [5, 5.41) is 11.8. The molecule has 0 radical (unpaired) electrons. The minimum atomic E-state index is -1.12. The standard InChI is InChI=1S/C34H31ClN2O7/c1-41-25-13-8-22(9-14-25)34(21-6-4-3-5-7-21,23-10-15-26(42-2)16-11-23)43-20-30-29(38)19-31(44-30)37-28-18-24(35)12-17-27(28)32(39)36-33(37)40/h3-18,29-31,38H,19-20H2,1-2H3,(H,36,39,40)/t29-,30+,31-/m0/s1. The van der Waals surface area contributed by atoms with Crippen LogP contribution >= 0.6 is 11.6 Å². The van der Waals surface area contributed by atoms with Gasteiger partial charge < -0.3 is 24.1 Å².